The largest absolute Gasteiger partial charge is 0.508 e. The van der Waals surface area contributed by atoms with Crippen molar-refractivity contribution in [1.82, 2.24) is 0 Å². The van der Waals surface area contributed by atoms with Gasteiger partial charge in [0.25, 0.3) is 0 Å². The molecule has 0 amide bonds. The van der Waals surface area contributed by atoms with Crippen molar-refractivity contribution in [1.29, 1.82) is 0 Å². The van der Waals surface area contributed by atoms with Crippen LogP contribution in [0, 0.1) is 27.7 Å². The smallest absolute Gasteiger partial charge is 0.308 e. The Morgan fingerprint density at radius 2 is 0.919 bits per heavy atom. The molecule has 0 unspecified atom stereocenters. The molecule has 0 aliphatic heterocycles. The molecule has 0 aliphatic rings. The van der Waals surface area contributed by atoms with Crippen LogP contribution >= 0.6 is 0 Å². The zero-order valence-corrected chi connectivity index (χ0v) is 21.6. The van der Waals surface area contributed by atoms with Crippen molar-refractivity contribution in [3.63, 3.8) is 0 Å². The van der Waals surface area contributed by atoms with Gasteiger partial charge in [0.05, 0.1) is 0 Å². The molecular formula is C30H34O7. The molecule has 0 bridgehead atoms. The highest BCUT2D eigenvalue weighted by atomic mass is 17.0. The van der Waals surface area contributed by atoms with Crippen LogP contribution in [0.4, 0.5) is 0 Å². The van der Waals surface area contributed by atoms with Crippen LogP contribution in [0.25, 0.3) is 11.1 Å². The third-order valence-electron chi connectivity index (χ3n) is 4.91. The minimum absolute atomic E-state index is 0.187. The number of ether oxygens (including phenoxy) is 1. The summed E-state index contributed by atoms with van der Waals surface area (Å²) in [4.78, 5) is 10.5. The van der Waals surface area contributed by atoms with E-state index in [4.69, 9.17) is 20.4 Å². The lowest BCUT2D eigenvalue weighted by atomic mass is 10.00. The lowest BCUT2D eigenvalue weighted by molar-refractivity contribution is -0.176. The molecule has 4 aromatic rings. The van der Waals surface area contributed by atoms with Gasteiger partial charge < -0.3 is 20.1 Å². The number of carbonyl (C=O) groups is 1. The Hall–Kier alpha value is -4.33. The summed E-state index contributed by atoms with van der Waals surface area (Å²) >= 11 is 0. The maximum atomic E-state index is 10.5. The predicted octanol–water partition coefficient (Wildman–Crippen LogP) is 7.02. The van der Waals surface area contributed by atoms with Crippen LogP contribution in [-0.4, -0.2) is 31.8 Å². The fourth-order valence-electron chi connectivity index (χ4n) is 3.05. The van der Waals surface area contributed by atoms with Gasteiger partial charge in [-0.15, -0.1) is 0 Å². The zero-order chi connectivity index (χ0) is 28.0. The molecular weight excluding hydrogens is 472 g/mol. The first-order valence-corrected chi connectivity index (χ1v) is 11.4. The minimum atomic E-state index is -0.283. The van der Waals surface area contributed by atoms with Crippen molar-refractivity contribution in [2.75, 3.05) is 0 Å². The third kappa shape index (κ3) is 11.3. The summed E-state index contributed by atoms with van der Waals surface area (Å²) in [5.41, 5.74) is 5.76. The fraction of sp³-hybridized carbons (Fsp3) is 0.167. The van der Waals surface area contributed by atoms with Crippen LogP contribution in [0.15, 0.2) is 84.9 Å². The maximum Gasteiger partial charge on any atom is 0.308 e. The van der Waals surface area contributed by atoms with E-state index < -0.39 is 0 Å². The van der Waals surface area contributed by atoms with E-state index in [9.17, 15) is 15.0 Å². The Balaban J connectivity index is 0.000000284. The number of carbonyl (C=O) groups excluding carboxylic acids is 1. The predicted molar refractivity (Wildman–Crippen MR) is 145 cm³/mol. The summed E-state index contributed by atoms with van der Waals surface area (Å²) in [7, 11) is 0. The molecule has 5 N–H and O–H groups in total. The quantitative estimate of drug-likeness (QED) is 0.0855. The Bertz CT molecular complexity index is 1180. The van der Waals surface area contributed by atoms with Crippen LogP contribution in [0.1, 0.15) is 29.2 Å². The second-order valence-corrected chi connectivity index (χ2v) is 8.28. The van der Waals surface area contributed by atoms with Crippen molar-refractivity contribution < 1.29 is 35.4 Å². The molecule has 4 rings (SSSR count). The number of hydrogen-bond donors (Lipinski definition) is 5. The van der Waals surface area contributed by atoms with Gasteiger partial charge >= 0.3 is 5.97 Å². The lowest BCUT2D eigenvalue weighted by Gasteiger charge is -2.09. The van der Waals surface area contributed by atoms with Crippen LogP contribution in [0.5, 0.6) is 23.0 Å². The Labute approximate surface area is 217 Å². The molecule has 4 aromatic carbocycles. The van der Waals surface area contributed by atoms with Crippen LogP contribution in [0.2, 0.25) is 0 Å². The summed E-state index contributed by atoms with van der Waals surface area (Å²) in [5, 5.41) is 40.3. The van der Waals surface area contributed by atoms with Gasteiger partial charge in [-0.3, -0.25) is 15.3 Å². The van der Waals surface area contributed by atoms with Gasteiger partial charge in [-0.25, -0.2) is 0 Å². The van der Waals surface area contributed by atoms with Crippen molar-refractivity contribution >= 4 is 5.97 Å². The molecule has 0 saturated carbocycles. The van der Waals surface area contributed by atoms with Crippen LogP contribution in [-0.2, 0) is 4.79 Å². The van der Waals surface area contributed by atoms with E-state index in [1.807, 2.05) is 76.2 Å². The summed E-state index contributed by atoms with van der Waals surface area (Å²) in [5.74, 6) is 1.02. The van der Waals surface area contributed by atoms with Crippen LogP contribution in [0.3, 0.4) is 0 Å². The first-order chi connectivity index (χ1) is 17.5. The standard InChI is InChI=1S/C14H14O2.C9H10O2.C7H8O.H2O2/c1-9-3-5-13(15)11(7-9)12-8-10(2)4-6-14(12)16;1-7-3-5-9(6-4-7)11-8(2)10;1-6-2-4-7(8)5-3-6;1-2/h3-8,15-16H,1-2H3;3-6H,1-2H3;2-5,8H,1H3;1-2H. The highest BCUT2D eigenvalue weighted by molar-refractivity contribution is 5.76. The average molecular weight is 507 g/mol. The first-order valence-electron chi connectivity index (χ1n) is 11.4. The maximum absolute atomic E-state index is 10.5. The number of hydrogen-bond acceptors (Lipinski definition) is 7. The highest BCUT2D eigenvalue weighted by Crippen LogP contribution is 2.36. The van der Waals surface area contributed by atoms with Gasteiger partial charge in [-0.1, -0.05) is 58.7 Å². The van der Waals surface area contributed by atoms with Crippen molar-refractivity contribution in [2.24, 2.45) is 0 Å². The number of phenolic OH excluding ortho intramolecular Hbond substituents is 3. The monoisotopic (exact) mass is 506 g/mol. The number of phenols is 3. The normalized spacial score (nSPS) is 9.38. The van der Waals surface area contributed by atoms with E-state index in [1.54, 1.807) is 36.4 Å². The number of benzene rings is 4. The molecule has 0 saturated heterocycles. The zero-order valence-electron chi connectivity index (χ0n) is 21.6. The lowest BCUT2D eigenvalue weighted by Crippen LogP contribution is -2.00. The van der Waals surface area contributed by atoms with Crippen molar-refractivity contribution in [3.8, 4) is 34.1 Å². The molecule has 196 valence electrons. The van der Waals surface area contributed by atoms with Gasteiger partial charge in [0, 0.05) is 18.1 Å². The first kappa shape index (κ1) is 30.7. The molecule has 0 aliphatic carbocycles. The van der Waals surface area contributed by atoms with E-state index in [1.165, 1.54) is 12.5 Å². The second kappa shape index (κ2) is 15.6. The van der Waals surface area contributed by atoms with E-state index in [-0.39, 0.29) is 17.5 Å². The number of aromatic hydroxyl groups is 3. The van der Waals surface area contributed by atoms with Gasteiger partial charge in [0.2, 0.25) is 0 Å². The van der Waals surface area contributed by atoms with E-state index in [2.05, 4.69) is 0 Å². The topological polar surface area (TPSA) is 127 Å². The molecule has 0 aromatic heterocycles. The Morgan fingerprint density at radius 1 is 0.568 bits per heavy atom. The molecule has 0 atom stereocenters. The average Bonchev–Trinajstić information content (AvgIpc) is 2.87. The molecule has 0 heterocycles. The number of aryl methyl sites for hydroxylation is 4. The highest BCUT2D eigenvalue weighted by Gasteiger charge is 2.09. The van der Waals surface area contributed by atoms with Gasteiger partial charge in [0.15, 0.2) is 0 Å². The van der Waals surface area contributed by atoms with E-state index in [0.29, 0.717) is 22.6 Å². The van der Waals surface area contributed by atoms with E-state index >= 15 is 0 Å². The summed E-state index contributed by atoms with van der Waals surface area (Å²) in [6.07, 6.45) is 0. The summed E-state index contributed by atoms with van der Waals surface area (Å²) in [6.45, 7) is 9.27. The second-order valence-electron chi connectivity index (χ2n) is 8.28. The molecule has 7 heteroatoms. The van der Waals surface area contributed by atoms with Crippen molar-refractivity contribution in [2.45, 2.75) is 34.6 Å². The summed E-state index contributed by atoms with van der Waals surface area (Å²) < 4.78 is 4.83. The van der Waals surface area contributed by atoms with Gasteiger partial charge in [-0.05, 0) is 76.2 Å². The number of rotatable bonds is 2. The minimum Gasteiger partial charge on any atom is -0.508 e. The van der Waals surface area contributed by atoms with Crippen molar-refractivity contribution in [3.05, 3.63) is 107 Å². The molecule has 0 radical (unpaired) electrons. The molecule has 0 spiro atoms. The fourth-order valence-corrected chi connectivity index (χ4v) is 3.05. The van der Waals surface area contributed by atoms with Gasteiger partial charge in [-0.2, -0.15) is 0 Å². The SMILES string of the molecule is CC(=O)Oc1ccc(C)cc1.Cc1ccc(O)c(-c2cc(C)ccc2O)c1.Cc1ccc(O)cc1.OO. The summed E-state index contributed by atoms with van der Waals surface area (Å²) in [6, 6.07) is 25.1. The van der Waals surface area contributed by atoms with Gasteiger partial charge in [0.1, 0.15) is 23.0 Å². The molecule has 37 heavy (non-hydrogen) atoms. The Kier molecular flexibility index (Phi) is 13.0. The van der Waals surface area contributed by atoms with Crippen LogP contribution < -0.4 is 4.74 Å². The number of esters is 1. The Morgan fingerprint density at radius 3 is 1.27 bits per heavy atom. The molecule has 0 fully saturated rings. The third-order valence-corrected chi connectivity index (χ3v) is 4.91. The van der Waals surface area contributed by atoms with E-state index in [0.717, 1.165) is 16.7 Å². The molecule has 7 nitrogen and oxygen atoms in total.